The van der Waals surface area contributed by atoms with E-state index >= 15 is 0 Å². The molecule has 0 spiro atoms. The van der Waals surface area contributed by atoms with Crippen molar-refractivity contribution in [2.24, 2.45) is 5.92 Å². The molecule has 2 atom stereocenters. The number of rotatable bonds is 3. The van der Waals surface area contributed by atoms with Crippen LogP contribution in [0.3, 0.4) is 0 Å². The van der Waals surface area contributed by atoms with E-state index in [2.05, 4.69) is 15.0 Å². The van der Waals surface area contributed by atoms with Crippen molar-refractivity contribution in [3.05, 3.63) is 12.2 Å². The lowest BCUT2D eigenvalue weighted by atomic mass is 9.92. The van der Waals surface area contributed by atoms with Crippen LogP contribution in [0.4, 0.5) is 0 Å². The van der Waals surface area contributed by atoms with Crippen molar-refractivity contribution >= 4 is 5.97 Å². The van der Waals surface area contributed by atoms with Gasteiger partial charge in [0.2, 0.25) is 5.89 Å². The average molecular weight is 225 g/mol. The average Bonchev–Trinajstić information content (AvgIpc) is 2.73. The summed E-state index contributed by atoms with van der Waals surface area (Å²) < 4.78 is 4.94. The van der Waals surface area contributed by atoms with Crippen molar-refractivity contribution in [3.63, 3.8) is 0 Å². The molecule has 0 radical (unpaired) electrons. The van der Waals surface area contributed by atoms with Crippen LogP contribution in [0.15, 0.2) is 10.9 Å². The lowest BCUT2D eigenvalue weighted by molar-refractivity contribution is -0.144. The highest BCUT2D eigenvalue weighted by molar-refractivity contribution is 5.70. The van der Waals surface area contributed by atoms with Crippen molar-refractivity contribution in [1.29, 1.82) is 0 Å². The molecule has 1 aromatic rings. The van der Waals surface area contributed by atoms with E-state index in [9.17, 15) is 4.79 Å². The third-order valence-corrected chi connectivity index (χ3v) is 3.11. The summed E-state index contributed by atoms with van der Waals surface area (Å²) >= 11 is 0. The van der Waals surface area contributed by atoms with Gasteiger partial charge in [0.15, 0.2) is 6.33 Å². The van der Waals surface area contributed by atoms with Gasteiger partial charge in [-0.3, -0.25) is 9.69 Å². The summed E-state index contributed by atoms with van der Waals surface area (Å²) in [6.45, 7) is 3.40. The van der Waals surface area contributed by atoms with Crippen LogP contribution in [-0.4, -0.2) is 38.7 Å². The summed E-state index contributed by atoms with van der Waals surface area (Å²) in [5.74, 6) is -0.321. The van der Waals surface area contributed by atoms with Crippen LogP contribution >= 0.6 is 0 Å². The topological polar surface area (TPSA) is 79.5 Å². The number of aliphatic carboxylic acids is 1. The van der Waals surface area contributed by atoms with E-state index in [4.69, 9.17) is 9.63 Å². The second kappa shape index (κ2) is 4.61. The molecule has 1 fully saturated rings. The van der Waals surface area contributed by atoms with Crippen molar-refractivity contribution in [2.45, 2.75) is 32.4 Å². The number of nitrogens with zero attached hydrogens (tertiary/aromatic N) is 3. The van der Waals surface area contributed by atoms with Crippen LogP contribution < -0.4 is 0 Å². The zero-order valence-corrected chi connectivity index (χ0v) is 9.17. The van der Waals surface area contributed by atoms with Gasteiger partial charge in [-0.15, -0.1) is 0 Å². The van der Waals surface area contributed by atoms with Crippen molar-refractivity contribution in [3.8, 4) is 0 Å². The summed E-state index contributed by atoms with van der Waals surface area (Å²) in [5.41, 5.74) is 0. The van der Waals surface area contributed by atoms with Gasteiger partial charge in [0.25, 0.3) is 0 Å². The van der Waals surface area contributed by atoms with Crippen molar-refractivity contribution < 1.29 is 14.4 Å². The Bertz CT molecular complexity index is 352. The molecular weight excluding hydrogens is 210 g/mol. The first-order valence-corrected chi connectivity index (χ1v) is 5.39. The second-order valence-electron chi connectivity index (χ2n) is 4.21. The third-order valence-electron chi connectivity index (χ3n) is 3.11. The molecule has 1 saturated heterocycles. The number of aromatic nitrogens is 2. The molecule has 88 valence electrons. The maximum atomic E-state index is 10.9. The number of carboxylic acid groups (broad SMARTS) is 1. The fraction of sp³-hybridized carbons (Fsp3) is 0.700. The molecule has 0 aromatic carbocycles. The second-order valence-corrected chi connectivity index (χ2v) is 4.21. The van der Waals surface area contributed by atoms with Gasteiger partial charge in [0.05, 0.1) is 12.5 Å². The molecule has 1 aliphatic heterocycles. The normalized spacial score (nSPS) is 26.8. The fourth-order valence-corrected chi connectivity index (χ4v) is 2.12. The predicted molar refractivity (Wildman–Crippen MR) is 54.5 cm³/mol. The lowest BCUT2D eigenvalue weighted by Crippen LogP contribution is -2.42. The Morgan fingerprint density at radius 2 is 2.56 bits per heavy atom. The molecule has 2 heterocycles. The van der Waals surface area contributed by atoms with E-state index in [0.29, 0.717) is 25.3 Å². The Labute approximate surface area is 93.2 Å². The summed E-state index contributed by atoms with van der Waals surface area (Å²) in [6.07, 6.45) is 2.75. The van der Waals surface area contributed by atoms with Gasteiger partial charge in [0.1, 0.15) is 0 Å². The summed E-state index contributed by atoms with van der Waals surface area (Å²) in [5, 5.41) is 12.5. The van der Waals surface area contributed by atoms with Crippen molar-refractivity contribution in [1.82, 2.24) is 15.0 Å². The Morgan fingerprint density at radius 1 is 1.75 bits per heavy atom. The standard InChI is InChI=1S/C10H15N3O3/c1-7-4-8(10(14)15)2-3-13(7)5-9-11-6-12-16-9/h6-8H,2-5H2,1H3,(H,14,15). The maximum Gasteiger partial charge on any atom is 0.306 e. The minimum Gasteiger partial charge on any atom is -0.481 e. The summed E-state index contributed by atoms with van der Waals surface area (Å²) in [6, 6.07) is 0.238. The highest BCUT2D eigenvalue weighted by Gasteiger charge is 2.30. The molecule has 16 heavy (non-hydrogen) atoms. The van der Waals surface area contributed by atoms with Crippen molar-refractivity contribution in [2.75, 3.05) is 6.54 Å². The van der Waals surface area contributed by atoms with E-state index in [1.54, 1.807) is 0 Å². The van der Waals surface area contributed by atoms with Crippen LogP contribution in [-0.2, 0) is 11.3 Å². The Hall–Kier alpha value is -1.43. The monoisotopic (exact) mass is 225 g/mol. The number of hydrogen-bond acceptors (Lipinski definition) is 5. The maximum absolute atomic E-state index is 10.9. The molecule has 6 heteroatoms. The van der Waals surface area contributed by atoms with E-state index in [1.807, 2.05) is 6.92 Å². The van der Waals surface area contributed by atoms with E-state index in [-0.39, 0.29) is 12.0 Å². The molecule has 6 nitrogen and oxygen atoms in total. The fourth-order valence-electron chi connectivity index (χ4n) is 2.12. The minimum absolute atomic E-state index is 0.214. The van der Waals surface area contributed by atoms with Crippen LogP contribution in [0.25, 0.3) is 0 Å². The van der Waals surface area contributed by atoms with E-state index < -0.39 is 5.97 Å². The van der Waals surface area contributed by atoms with Gasteiger partial charge in [-0.25, -0.2) is 0 Å². The number of carbonyl (C=O) groups is 1. The number of likely N-dealkylation sites (tertiary alicyclic amines) is 1. The molecule has 0 saturated carbocycles. The first kappa shape index (κ1) is 11.1. The van der Waals surface area contributed by atoms with Gasteiger partial charge in [-0.05, 0) is 26.3 Å². The molecule has 0 amide bonds. The van der Waals surface area contributed by atoms with Gasteiger partial charge in [-0.1, -0.05) is 5.16 Å². The molecular formula is C10H15N3O3. The van der Waals surface area contributed by atoms with Crippen LogP contribution in [0.1, 0.15) is 25.7 Å². The van der Waals surface area contributed by atoms with Crippen LogP contribution in [0, 0.1) is 5.92 Å². The molecule has 2 unspecified atom stereocenters. The lowest BCUT2D eigenvalue weighted by Gasteiger charge is -2.35. The van der Waals surface area contributed by atoms with Gasteiger partial charge in [-0.2, -0.15) is 4.98 Å². The molecule has 1 N–H and O–H groups in total. The van der Waals surface area contributed by atoms with Crippen LogP contribution in [0.2, 0.25) is 0 Å². The van der Waals surface area contributed by atoms with Crippen LogP contribution in [0.5, 0.6) is 0 Å². The predicted octanol–water partition coefficient (Wildman–Crippen LogP) is 0.755. The largest absolute Gasteiger partial charge is 0.481 e. The molecule has 2 rings (SSSR count). The van der Waals surface area contributed by atoms with Gasteiger partial charge in [0, 0.05) is 6.04 Å². The van der Waals surface area contributed by atoms with E-state index in [0.717, 1.165) is 6.54 Å². The first-order chi connectivity index (χ1) is 7.66. The van der Waals surface area contributed by atoms with Gasteiger partial charge >= 0.3 is 5.97 Å². The SMILES string of the molecule is CC1CC(C(=O)O)CCN1Cc1ncno1. The number of carboxylic acids is 1. The zero-order valence-electron chi connectivity index (χ0n) is 9.17. The van der Waals surface area contributed by atoms with Gasteiger partial charge < -0.3 is 9.63 Å². The Kier molecular flexibility index (Phi) is 3.19. The first-order valence-electron chi connectivity index (χ1n) is 5.39. The molecule has 0 bridgehead atoms. The highest BCUT2D eigenvalue weighted by atomic mass is 16.5. The van der Waals surface area contributed by atoms with E-state index in [1.165, 1.54) is 6.33 Å². The Morgan fingerprint density at radius 3 is 3.12 bits per heavy atom. The third kappa shape index (κ3) is 2.38. The molecule has 1 aliphatic rings. The summed E-state index contributed by atoms with van der Waals surface area (Å²) in [7, 11) is 0. The smallest absolute Gasteiger partial charge is 0.306 e. The Balaban J connectivity index is 1.91. The minimum atomic E-state index is -0.690. The quantitative estimate of drug-likeness (QED) is 0.817. The number of hydrogen-bond donors (Lipinski definition) is 1. The summed E-state index contributed by atoms with van der Waals surface area (Å²) in [4.78, 5) is 17.0. The molecule has 0 aliphatic carbocycles. The highest BCUT2D eigenvalue weighted by Crippen LogP contribution is 2.23. The zero-order chi connectivity index (χ0) is 11.5. The molecule has 1 aromatic heterocycles. The number of piperidine rings is 1.